The molecule has 0 saturated carbocycles. The largest absolute Gasteiger partial charge is 0.361 e. The minimum atomic E-state index is -1.13. The van der Waals surface area contributed by atoms with Crippen LogP contribution in [0.5, 0.6) is 0 Å². The molecule has 0 aliphatic rings. The number of carbonyl (C=O) groups excluding carboxylic acids is 3. The van der Waals surface area contributed by atoms with Gasteiger partial charge in [0.1, 0.15) is 12.1 Å². The lowest BCUT2D eigenvalue weighted by atomic mass is 10.0. The molecule has 14 heteroatoms. The van der Waals surface area contributed by atoms with Gasteiger partial charge in [-0.3, -0.25) is 19.4 Å². The molecule has 0 radical (unpaired) electrons. The van der Waals surface area contributed by atoms with Crippen LogP contribution in [-0.2, 0) is 27.3 Å². The zero-order valence-electron chi connectivity index (χ0n) is 27.1. The summed E-state index contributed by atoms with van der Waals surface area (Å²) in [6.07, 6.45) is 6.76. The first-order valence-corrected chi connectivity index (χ1v) is 16.9. The molecule has 4 atom stereocenters. The number of halogens is 2. The third kappa shape index (κ3) is 11.8. The molecule has 0 saturated heterocycles. The number of rotatable bonds is 19. The molecule has 2 aromatic carbocycles. The van der Waals surface area contributed by atoms with E-state index >= 15 is 0 Å². The smallest absolute Gasteiger partial charge is 0.247 e. The summed E-state index contributed by atoms with van der Waals surface area (Å²) in [5, 5.41) is 17.0. The van der Waals surface area contributed by atoms with Crippen LogP contribution in [0.25, 0.3) is 10.9 Å². The number of amides is 3. The highest BCUT2D eigenvalue weighted by molar-refractivity contribution is 7.80. The predicted octanol–water partition coefficient (Wildman–Crippen LogP) is 3.79. The molecule has 48 heavy (non-hydrogen) atoms. The number of nitrogens with one attached hydrogen (secondary N) is 5. The number of hydrogen-bond acceptors (Lipinski definition) is 8. The van der Waals surface area contributed by atoms with Crippen LogP contribution >= 0.6 is 35.8 Å². The maximum Gasteiger partial charge on any atom is 0.247 e. The number of likely N-dealkylation sites (N-methyl/N-ethyl adjacent to an activating group) is 1. The maximum atomic E-state index is 14.2. The van der Waals surface area contributed by atoms with Crippen LogP contribution in [0.15, 0.2) is 75.7 Å². The Bertz CT molecular complexity index is 1600. The van der Waals surface area contributed by atoms with Gasteiger partial charge in [-0.25, -0.2) is 0 Å². The molecule has 1 unspecified atom stereocenters. The number of alkyl halides is 1. The number of H-pyrrole nitrogens is 1. The van der Waals surface area contributed by atoms with E-state index in [-0.39, 0.29) is 35.8 Å². The zero-order chi connectivity index (χ0) is 35.1. The Kier molecular flexibility index (Phi) is 16.1. The molecule has 0 aliphatic heterocycles. The molecule has 0 aliphatic carbocycles. The van der Waals surface area contributed by atoms with Crippen LogP contribution < -0.4 is 21.7 Å². The highest BCUT2D eigenvalue weighted by Crippen LogP contribution is 2.21. The molecule has 1 heterocycles. The van der Waals surface area contributed by atoms with Crippen LogP contribution in [0.2, 0.25) is 0 Å². The summed E-state index contributed by atoms with van der Waals surface area (Å²) >= 11 is 16.5. The quantitative estimate of drug-likeness (QED) is 0.0569. The van der Waals surface area contributed by atoms with E-state index in [1.165, 1.54) is 24.2 Å². The van der Waals surface area contributed by atoms with E-state index in [9.17, 15) is 14.4 Å². The lowest BCUT2D eigenvalue weighted by Gasteiger charge is -2.31. The minimum Gasteiger partial charge on any atom is -0.361 e. The average Bonchev–Trinajstić information content (AvgIpc) is 3.49. The van der Waals surface area contributed by atoms with Crippen molar-refractivity contribution in [2.45, 2.75) is 61.1 Å². The van der Waals surface area contributed by atoms with Crippen molar-refractivity contribution >= 4 is 76.9 Å². The summed E-state index contributed by atoms with van der Waals surface area (Å²) in [5.74, 6) is -1.31. The molecule has 3 aromatic rings. The third-order valence-corrected chi connectivity index (χ3v) is 8.51. The second-order valence-corrected chi connectivity index (χ2v) is 13.0. The number of hydrogen-bond donors (Lipinski definition) is 7. The van der Waals surface area contributed by atoms with E-state index < -0.39 is 29.9 Å². The van der Waals surface area contributed by atoms with Gasteiger partial charge in [0, 0.05) is 66.4 Å². The summed E-state index contributed by atoms with van der Waals surface area (Å²) in [6, 6.07) is 12.5. The Morgan fingerprint density at radius 2 is 1.83 bits per heavy atom. The molecular formula is C34H44Cl2N8O3S. The molecule has 3 amide bonds. The fraction of sp³-hybridized carbons (Fsp3) is 0.382. The van der Waals surface area contributed by atoms with Crippen molar-refractivity contribution in [3.05, 3.63) is 77.0 Å². The van der Waals surface area contributed by atoms with Gasteiger partial charge in [0.05, 0.1) is 17.6 Å². The third-order valence-electron chi connectivity index (χ3n) is 7.69. The van der Waals surface area contributed by atoms with E-state index in [4.69, 9.17) is 34.3 Å². The number of carbonyl (C=O) groups is 3. The predicted molar refractivity (Wildman–Crippen MR) is 198 cm³/mol. The second kappa shape index (κ2) is 20.0. The number of allylic oxidation sites excluding steroid dienone is 2. The second-order valence-electron chi connectivity index (χ2n) is 11.3. The monoisotopic (exact) mass is 714 g/mol. The topological polar surface area (TPSA) is 169 Å². The summed E-state index contributed by atoms with van der Waals surface area (Å²) < 4.78 is 0. The van der Waals surface area contributed by atoms with Gasteiger partial charge < -0.3 is 37.0 Å². The van der Waals surface area contributed by atoms with Crippen molar-refractivity contribution in [3.63, 3.8) is 0 Å². The van der Waals surface area contributed by atoms with Crippen molar-refractivity contribution in [1.82, 2.24) is 25.8 Å². The van der Waals surface area contributed by atoms with Crippen molar-refractivity contribution in [2.75, 3.05) is 26.7 Å². The Labute approximate surface area is 297 Å². The molecular weight excluding hydrogens is 671 g/mol. The van der Waals surface area contributed by atoms with Crippen LogP contribution in [-0.4, -0.2) is 90.2 Å². The Hall–Kier alpha value is -3.68. The highest BCUT2D eigenvalue weighted by Gasteiger charge is 2.34. The summed E-state index contributed by atoms with van der Waals surface area (Å²) in [4.78, 5) is 51.2. The molecule has 7 N–H and O–H groups in total. The van der Waals surface area contributed by atoms with Gasteiger partial charge in [0.2, 0.25) is 17.7 Å². The number of aliphatic imine (C=N–C) groups is 1. The van der Waals surface area contributed by atoms with Gasteiger partial charge in [-0.2, -0.15) is 0 Å². The van der Waals surface area contributed by atoms with E-state index in [0.29, 0.717) is 25.9 Å². The van der Waals surface area contributed by atoms with E-state index in [0.717, 1.165) is 33.1 Å². The van der Waals surface area contributed by atoms with Gasteiger partial charge in [-0.15, -0.1) is 24.2 Å². The van der Waals surface area contributed by atoms with Crippen LogP contribution in [0.1, 0.15) is 30.9 Å². The van der Waals surface area contributed by atoms with Crippen LogP contribution in [0.3, 0.4) is 0 Å². The first-order chi connectivity index (χ1) is 23.0. The molecule has 0 bridgehead atoms. The van der Waals surface area contributed by atoms with Gasteiger partial charge in [0.15, 0.2) is 0 Å². The Morgan fingerprint density at radius 1 is 1.10 bits per heavy atom. The van der Waals surface area contributed by atoms with Crippen molar-refractivity contribution in [3.8, 4) is 0 Å². The van der Waals surface area contributed by atoms with E-state index in [1.807, 2.05) is 54.7 Å². The number of benzene rings is 2. The summed E-state index contributed by atoms with van der Waals surface area (Å²) in [7, 11) is 1.54. The fourth-order valence-electron chi connectivity index (χ4n) is 5.01. The fourth-order valence-corrected chi connectivity index (χ4v) is 5.38. The van der Waals surface area contributed by atoms with Gasteiger partial charge in [-0.05, 0) is 55.6 Å². The maximum absolute atomic E-state index is 14.2. The van der Waals surface area contributed by atoms with Crippen LogP contribution in [0, 0.1) is 5.41 Å². The first-order valence-electron chi connectivity index (χ1n) is 15.7. The molecule has 11 nitrogen and oxygen atoms in total. The lowest BCUT2D eigenvalue weighted by molar-refractivity contribution is -0.141. The highest BCUT2D eigenvalue weighted by atomic mass is 35.5. The van der Waals surface area contributed by atoms with Gasteiger partial charge in [-0.1, -0.05) is 48.0 Å². The number of fused-ring (bicyclic) bond motifs is 1. The zero-order valence-corrected chi connectivity index (χ0v) is 29.5. The van der Waals surface area contributed by atoms with E-state index in [2.05, 4.69) is 38.6 Å². The Balaban J connectivity index is 1.90. The number of thiol groups is 1. The SMILES string of the molecule is CC(Cl)CNC(=O)[C@H](Cc1c[nH]c2ccccc12)N(C)C(=O)[C@H](CN=C/C=C(\Cl)C=N)NC(=O)[C@H](CCCN)NCc1ccccc1S. The van der Waals surface area contributed by atoms with Crippen molar-refractivity contribution in [2.24, 2.45) is 10.7 Å². The van der Waals surface area contributed by atoms with Gasteiger partial charge in [0.25, 0.3) is 0 Å². The summed E-state index contributed by atoms with van der Waals surface area (Å²) in [5.41, 5.74) is 8.45. The Morgan fingerprint density at radius 3 is 2.54 bits per heavy atom. The van der Waals surface area contributed by atoms with Crippen molar-refractivity contribution in [1.29, 1.82) is 5.41 Å². The van der Waals surface area contributed by atoms with Gasteiger partial charge >= 0.3 is 0 Å². The van der Waals surface area contributed by atoms with E-state index in [1.54, 1.807) is 6.92 Å². The van der Waals surface area contributed by atoms with Crippen LogP contribution in [0.4, 0.5) is 0 Å². The number of para-hydroxylation sites is 1. The number of nitrogens with zero attached hydrogens (tertiary/aromatic N) is 2. The normalized spacial score (nSPS) is 14.3. The first kappa shape index (κ1) is 38.8. The summed E-state index contributed by atoms with van der Waals surface area (Å²) in [6.45, 7) is 2.59. The molecule has 3 rings (SSSR count). The molecule has 258 valence electrons. The molecule has 1 aromatic heterocycles. The minimum absolute atomic E-state index is 0.141. The molecule has 0 fully saturated rings. The van der Waals surface area contributed by atoms with Crippen molar-refractivity contribution < 1.29 is 14.4 Å². The standard InChI is InChI=1S/C34H44Cl2N8O3S/c1-22(35)18-42-33(46)30(16-24-20-40-27-10-5-4-9-26(24)27)44(2)34(47)29(21-39-15-13-25(36)17-38)43-32(45)28(11-7-14-37)41-19-23-8-3-6-12-31(23)48/h3-6,8-10,12-13,15,17,20,22,28-30,38,40-41,48H,7,11,14,16,18-19,21,37H2,1-2H3,(H,42,46)(H,43,45)/b25-13-,38-17?,39-15?/t22?,28-,29-,30-/m0/s1. The number of nitrogens with two attached hydrogens (primary N) is 1. The number of aromatic amines is 1. The lowest BCUT2D eigenvalue weighted by Crippen LogP contribution is -2.58. The molecule has 0 spiro atoms. The average molecular weight is 716 g/mol. The number of aromatic nitrogens is 1.